The molecule has 1 amide bonds. The van der Waals surface area contributed by atoms with Crippen LogP contribution in [0.2, 0.25) is 0 Å². The third-order valence-corrected chi connectivity index (χ3v) is 4.91. The van der Waals surface area contributed by atoms with Crippen LogP contribution in [0.3, 0.4) is 0 Å². The molecule has 0 aliphatic carbocycles. The lowest BCUT2D eigenvalue weighted by molar-refractivity contribution is -0.120. The lowest BCUT2D eigenvalue weighted by Crippen LogP contribution is -2.43. The van der Waals surface area contributed by atoms with Gasteiger partial charge in [0.05, 0.1) is 0 Å². The number of carbonyl (C=O) groups excluding carboxylic acids is 1. The van der Waals surface area contributed by atoms with Gasteiger partial charge >= 0.3 is 0 Å². The van der Waals surface area contributed by atoms with Crippen LogP contribution in [0.4, 0.5) is 5.69 Å². The zero-order valence-electron chi connectivity index (χ0n) is 14.5. The third kappa shape index (κ3) is 5.45. The summed E-state index contributed by atoms with van der Waals surface area (Å²) in [7, 11) is 2.17. The number of amides is 1. The van der Waals surface area contributed by atoms with E-state index in [0.29, 0.717) is 0 Å². The van der Waals surface area contributed by atoms with Crippen molar-refractivity contribution in [3.05, 3.63) is 29.8 Å². The van der Waals surface area contributed by atoms with E-state index in [-0.39, 0.29) is 24.2 Å². The quantitative estimate of drug-likeness (QED) is 0.867. The predicted molar refractivity (Wildman–Crippen MR) is 101 cm³/mol. The number of anilines is 1. The summed E-state index contributed by atoms with van der Waals surface area (Å²) in [6.07, 6.45) is 1.87. The van der Waals surface area contributed by atoms with Crippen molar-refractivity contribution in [2.75, 3.05) is 51.6 Å². The van der Waals surface area contributed by atoms with Crippen molar-refractivity contribution in [3.63, 3.8) is 0 Å². The SMILES string of the molecule is CN1CCN(Cc2cccc(NC(=O)C3CCNCC3)c2)CC1.Cl. The third-order valence-electron chi connectivity index (χ3n) is 4.91. The minimum absolute atomic E-state index is 0. The molecule has 6 heteroatoms. The van der Waals surface area contributed by atoms with Crippen LogP contribution in [-0.4, -0.2) is 62.0 Å². The van der Waals surface area contributed by atoms with Gasteiger partial charge in [-0.15, -0.1) is 12.4 Å². The van der Waals surface area contributed by atoms with E-state index in [0.717, 1.165) is 64.3 Å². The highest BCUT2D eigenvalue weighted by Crippen LogP contribution is 2.17. The van der Waals surface area contributed by atoms with Gasteiger partial charge in [-0.1, -0.05) is 12.1 Å². The highest BCUT2D eigenvalue weighted by atomic mass is 35.5. The smallest absolute Gasteiger partial charge is 0.227 e. The van der Waals surface area contributed by atoms with Gasteiger partial charge in [0, 0.05) is 44.3 Å². The van der Waals surface area contributed by atoms with Gasteiger partial charge in [0.15, 0.2) is 0 Å². The van der Waals surface area contributed by atoms with Crippen LogP contribution in [0.15, 0.2) is 24.3 Å². The fourth-order valence-corrected chi connectivity index (χ4v) is 3.34. The highest BCUT2D eigenvalue weighted by molar-refractivity contribution is 5.92. The van der Waals surface area contributed by atoms with Gasteiger partial charge in [0.1, 0.15) is 0 Å². The van der Waals surface area contributed by atoms with Crippen molar-refractivity contribution in [3.8, 4) is 0 Å². The number of benzene rings is 1. The van der Waals surface area contributed by atoms with Crippen LogP contribution in [0.1, 0.15) is 18.4 Å². The van der Waals surface area contributed by atoms with Gasteiger partial charge in [0.2, 0.25) is 5.91 Å². The summed E-state index contributed by atoms with van der Waals surface area (Å²) < 4.78 is 0. The van der Waals surface area contributed by atoms with Gasteiger partial charge in [0.25, 0.3) is 0 Å². The molecule has 0 aromatic heterocycles. The standard InChI is InChI=1S/C18H28N4O.ClH/c1-21-9-11-22(12-10-21)14-15-3-2-4-17(13-15)20-18(23)16-5-7-19-8-6-16;/h2-4,13,16,19H,5-12,14H2,1H3,(H,20,23);1H. The van der Waals surface area contributed by atoms with Crippen LogP contribution in [-0.2, 0) is 11.3 Å². The molecule has 0 spiro atoms. The zero-order chi connectivity index (χ0) is 16.1. The Bertz CT molecular complexity index is 526. The molecule has 0 atom stereocenters. The molecule has 0 saturated carbocycles. The summed E-state index contributed by atoms with van der Waals surface area (Å²) in [5, 5.41) is 6.41. The maximum absolute atomic E-state index is 12.4. The van der Waals surface area contributed by atoms with Crippen molar-refractivity contribution < 1.29 is 4.79 Å². The van der Waals surface area contributed by atoms with Gasteiger partial charge < -0.3 is 15.5 Å². The maximum Gasteiger partial charge on any atom is 0.227 e. The number of hydrogen-bond acceptors (Lipinski definition) is 4. The normalized spacial score (nSPS) is 20.4. The Labute approximate surface area is 151 Å². The number of halogens is 1. The van der Waals surface area contributed by atoms with Crippen LogP contribution in [0.5, 0.6) is 0 Å². The second-order valence-corrected chi connectivity index (χ2v) is 6.79. The van der Waals surface area contributed by atoms with E-state index >= 15 is 0 Å². The van der Waals surface area contributed by atoms with Crippen LogP contribution in [0.25, 0.3) is 0 Å². The topological polar surface area (TPSA) is 47.6 Å². The molecule has 2 aliphatic heterocycles. The lowest BCUT2D eigenvalue weighted by atomic mass is 9.97. The van der Waals surface area contributed by atoms with E-state index in [1.165, 1.54) is 5.56 Å². The molecule has 1 aromatic rings. The molecule has 24 heavy (non-hydrogen) atoms. The van der Waals surface area contributed by atoms with E-state index < -0.39 is 0 Å². The molecule has 0 unspecified atom stereocenters. The fraction of sp³-hybridized carbons (Fsp3) is 0.611. The molecular formula is C18H29ClN4O. The molecule has 0 radical (unpaired) electrons. The van der Waals surface area contributed by atoms with E-state index in [2.05, 4.69) is 39.6 Å². The summed E-state index contributed by atoms with van der Waals surface area (Å²) in [5.74, 6) is 0.320. The average Bonchev–Trinajstić information content (AvgIpc) is 2.58. The second-order valence-electron chi connectivity index (χ2n) is 6.79. The van der Waals surface area contributed by atoms with E-state index in [1.807, 2.05) is 12.1 Å². The summed E-state index contributed by atoms with van der Waals surface area (Å²) in [5.41, 5.74) is 2.21. The van der Waals surface area contributed by atoms with Crippen molar-refractivity contribution in [1.29, 1.82) is 0 Å². The summed E-state index contributed by atoms with van der Waals surface area (Å²) in [4.78, 5) is 17.2. The zero-order valence-corrected chi connectivity index (χ0v) is 15.3. The molecule has 134 valence electrons. The van der Waals surface area contributed by atoms with E-state index in [9.17, 15) is 4.79 Å². The summed E-state index contributed by atoms with van der Waals surface area (Å²) in [6.45, 7) is 7.34. The van der Waals surface area contributed by atoms with Gasteiger partial charge in [-0.05, 0) is 50.7 Å². The Kier molecular flexibility index (Phi) is 7.49. The Morgan fingerprint density at radius 3 is 2.62 bits per heavy atom. The Balaban J connectivity index is 0.00000208. The monoisotopic (exact) mass is 352 g/mol. The Morgan fingerprint density at radius 1 is 1.21 bits per heavy atom. The molecule has 3 rings (SSSR count). The highest BCUT2D eigenvalue weighted by Gasteiger charge is 2.21. The Morgan fingerprint density at radius 2 is 1.92 bits per heavy atom. The van der Waals surface area contributed by atoms with Gasteiger partial charge in [-0.2, -0.15) is 0 Å². The maximum atomic E-state index is 12.4. The molecule has 2 N–H and O–H groups in total. The van der Waals surface area contributed by atoms with E-state index in [4.69, 9.17) is 0 Å². The number of rotatable bonds is 4. The summed E-state index contributed by atoms with van der Waals surface area (Å²) >= 11 is 0. The summed E-state index contributed by atoms with van der Waals surface area (Å²) in [6, 6.07) is 8.31. The molecule has 1 aromatic carbocycles. The molecule has 2 heterocycles. The molecular weight excluding hydrogens is 324 g/mol. The van der Waals surface area contributed by atoms with Crippen molar-refractivity contribution >= 4 is 24.0 Å². The first-order valence-electron chi connectivity index (χ1n) is 8.72. The predicted octanol–water partition coefficient (Wildman–Crippen LogP) is 1.79. The molecule has 2 aliphatic rings. The molecule has 0 bridgehead atoms. The first-order chi connectivity index (χ1) is 11.2. The first-order valence-corrected chi connectivity index (χ1v) is 8.72. The molecule has 2 fully saturated rings. The van der Waals surface area contributed by atoms with Crippen LogP contribution >= 0.6 is 12.4 Å². The van der Waals surface area contributed by atoms with Gasteiger partial charge in [-0.3, -0.25) is 9.69 Å². The van der Waals surface area contributed by atoms with Crippen molar-refractivity contribution in [2.45, 2.75) is 19.4 Å². The fourth-order valence-electron chi connectivity index (χ4n) is 3.34. The first kappa shape index (κ1) is 19.2. The van der Waals surface area contributed by atoms with Crippen molar-refractivity contribution in [2.24, 2.45) is 5.92 Å². The molecule has 5 nitrogen and oxygen atoms in total. The number of nitrogens with zero attached hydrogens (tertiary/aromatic N) is 2. The number of piperidine rings is 1. The van der Waals surface area contributed by atoms with Crippen LogP contribution in [0, 0.1) is 5.92 Å². The average molecular weight is 353 g/mol. The molecule has 2 saturated heterocycles. The number of likely N-dealkylation sites (N-methyl/N-ethyl adjacent to an activating group) is 1. The van der Waals surface area contributed by atoms with E-state index in [1.54, 1.807) is 0 Å². The minimum atomic E-state index is 0. The number of nitrogens with one attached hydrogen (secondary N) is 2. The van der Waals surface area contributed by atoms with Crippen LogP contribution < -0.4 is 10.6 Å². The second kappa shape index (κ2) is 9.37. The number of hydrogen-bond donors (Lipinski definition) is 2. The van der Waals surface area contributed by atoms with Gasteiger partial charge in [-0.25, -0.2) is 0 Å². The number of carbonyl (C=O) groups is 1. The minimum Gasteiger partial charge on any atom is -0.326 e. The Hall–Kier alpha value is -1.14. The largest absolute Gasteiger partial charge is 0.326 e. The number of piperazine rings is 1. The lowest BCUT2D eigenvalue weighted by Gasteiger charge is -2.32. The van der Waals surface area contributed by atoms with Crippen molar-refractivity contribution in [1.82, 2.24) is 15.1 Å².